The summed E-state index contributed by atoms with van der Waals surface area (Å²) in [6.45, 7) is 0. The molecule has 0 amide bonds. The highest BCUT2D eigenvalue weighted by atomic mass is 35.5. The minimum atomic E-state index is -0.435. The Labute approximate surface area is 145 Å². The predicted octanol–water partition coefficient (Wildman–Crippen LogP) is 4.28. The van der Waals surface area contributed by atoms with Gasteiger partial charge in [0.1, 0.15) is 5.75 Å². The standard InChI is InChI=1S/C19H16ClNO3/c1-23-16-7-3-4-13(11-16)8-9-18-21-17(19(22)24-18)12-14-5-2-6-15(20)10-14/h2-7,10-12H,8-9H2,1H3/b17-12+. The van der Waals surface area contributed by atoms with Crippen LogP contribution in [0.5, 0.6) is 5.75 Å². The van der Waals surface area contributed by atoms with E-state index in [9.17, 15) is 4.79 Å². The van der Waals surface area contributed by atoms with Crippen molar-refractivity contribution in [1.82, 2.24) is 0 Å². The molecule has 0 saturated heterocycles. The highest BCUT2D eigenvalue weighted by Gasteiger charge is 2.22. The molecule has 0 aromatic heterocycles. The van der Waals surface area contributed by atoms with Crippen LogP contribution >= 0.6 is 11.6 Å². The van der Waals surface area contributed by atoms with Crippen molar-refractivity contribution in [1.29, 1.82) is 0 Å². The lowest BCUT2D eigenvalue weighted by Gasteiger charge is -2.03. The summed E-state index contributed by atoms with van der Waals surface area (Å²) in [4.78, 5) is 16.2. The maximum absolute atomic E-state index is 11.9. The van der Waals surface area contributed by atoms with Gasteiger partial charge in [0.15, 0.2) is 11.6 Å². The number of methoxy groups -OCH3 is 1. The maximum Gasteiger partial charge on any atom is 0.363 e. The molecule has 0 spiro atoms. The number of hydrogen-bond acceptors (Lipinski definition) is 4. The summed E-state index contributed by atoms with van der Waals surface area (Å²) in [7, 11) is 1.63. The molecule has 0 bridgehead atoms. The van der Waals surface area contributed by atoms with Crippen molar-refractivity contribution in [3.05, 3.63) is 70.4 Å². The van der Waals surface area contributed by atoms with E-state index in [-0.39, 0.29) is 5.70 Å². The molecule has 1 aliphatic rings. The number of hydrogen-bond donors (Lipinski definition) is 0. The molecule has 0 aliphatic carbocycles. The van der Waals surface area contributed by atoms with Gasteiger partial charge in [0.05, 0.1) is 7.11 Å². The van der Waals surface area contributed by atoms with E-state index in [2.05, 4.69) is 4.99 Å². The zero-order valence-corrected chi connectivity index (χ0v) is 13.9. The summed E-state index contributed by atoms with van der Waals surface area (Å²) >= 11 is 5.95. The molecule has 5 heteroatoms. The highest BCUT2D eigenvalue weighted by Crippen LogP contribution is 2.20. The fourth-order valence-electron chi connectivity index (χ4n) is 2.39. The lowest BCUT2D eigenvalue weighted by atomic mass is 10.1. The van der Waals surface area contributed by atoms with Gasteiger partial charge < -0.3 is 9.47 Å². The van der Waals surface area contributed by atoms with Gasteiger partial charge in [-0.1, -0.05) is 35.9 Å². The van der Waals surface area contributed by atoms with E-state index < -0.39 is 5.97 Å². The molecular formula is C19H16ClNO3. The summed E-state index contributed by atoms with van der Waals surface area (Å²) < 4.78 is 10.4. The molecule has 1 aliphatic heterocycles. The Morgan fingerprint density at radius 1 is 1.17 bits per heavy atom. The smallest absolute Gasteiger partial charge is 0.363 e. The number of benzene rings is 2. The van der Waals surface area contributed by atoms with E-state index in [1.54, 1.807) is 25.3 Å². The number of aliphatic imine (C=N–C) groups is 1. The maximum atomic E-state index is 11.9. The Balaban J connectivity index is 1.70. The van der Waals surface area contributed by atoms with Gasteiger partial charge in [0, 0.05) is 11.4 Å². The van der Waals surface area contributed by atoms with E-state index in [0.717, 1.165) is 16.9 Å². The second kappa shape index (κ2) is 7.32. The van der Waals surface area contributed by atoms with Gasteiger partial charge >= 0.3 is 5.97 Å². The van der Waals surface area contributed by atoms with Crippen molar-refractivity contribution in [2.45, 2.75) is 12.8 Å². The van der Waals surface area contributed by atoms with E-state index in [1.165, 1.54) is 0 Å². The van der Waals surface area contributed by atoms with Crippen LogP contribution in [-0.2, 0) is 16.0 Å². The molecule has 0 N–H and O–H groups in total. The van der Waals surface area contributed by atoms with Crippen LogP contribution in [-0.4, -0.2) is 19.0 Å². The SMILES string of the molecule is COc1cccc(CCC2=N/C(=C/c3cccc(Cl)c3)C(=O)O2)c1. The molecule has 122 valence electrons. The number of cyclic esters (lactones) is 1. The minimum absolute atomic E-state index is 0.290. The number of ether oxygens (including phenoxy) is 2. The highest BCUT2D eigenvalue weighted by molar-refractivity contribution is 6.30. The van der Waals surface area contributed by atoms with Crippen molar-refractivity contribution >= 4 is 29.5 Å². The van der Waals surface area contributed by atoms with E-state index in [1.807, 2.05) is 36.4 Å². The zero-order valence-electron chi connectivity index (χ0n) is 13.2. The first-order valence-corrected chi connectivity index (χ1v) is 7.92. The fourth-order valence-corrected chi connectivity index (χ4v) is 2.59. The third-order valence-electron chi connectivity index (χ3n) is 3.58. The third kappa shape index (κ3) is 4.03. The van der Waals surface area contributed by atoms with E-state index in [4.69, 9.17) is 21.1 Å². The minimum Gasteiger partial charge on any atom is -0.497 e. The van der Waals surface area contributed by atoms with Gasteiger partial charge in [-0.05, 0) is 47.9 Å². The van der Waals surface area contributed by atoms with Crippen LogP contribution in [0.4, 0.5) is 0 Å². The average molecular weight is 342 g/mol. The largest absolute Gasteiger partial charge is 0.497 e. The summed E-state index contributed by atoms with van der Waals surface area (Å²) in [5.74, 6) is 0.797. The van der Waals surface area contributed by atoms with Crippen LogP contribution in [0.3, 0.4) is 0 Å². The third-order valence-corrected chi connectivity index (χ3v) is 3.81. The van der Waals surface area contributed by atoms with Crippen molar-refractivity contribution < 1.29 is 14.3 Å². The van der Waals surface area contributed by atoms with Gasteiger partial charge in [-0.15, -0.1) is 0 Å². The Morgan fingerprint density at radius 3 is 2.79 bits per heavy atom. The Morgan fingerprint density at radius 2 is 2.00 bits per heavy atom. The van der Waals surface area contributed by atoms with Gasteiger partial charge in [0.2, 0.25) is 0 Å². The summed E-state index contributed by atoms with van der Waals surface area (Å²) in [6.07, 6.45) is 2.94. The molecule has 3 rings (SSSR count). The number of carbonyl (C=O) groups excluding carboxylic acids is 1. The molecule has 0 unspecified atom stereocenters. The monoisotopic (exact) mass is 341 g/mol. The number of aryl methyl sites for hydroxylation is 1. The Hall–Kier alpha value is -2.59. The Bertz CT molecular complexity index is 827. The number of rotatable bonds is 5. The number of carbonyl (C=O) groups is 1. The molecule has 0 radical (unpaired) electrons. The average Bonchev–Trinajstić information content (AvgIpc) is 2.93. The first kappa shape index (κ1) is 16.3. The van der Waals surface area contributed by atoms with Crippen LogP contribution in [0.2, 0.25) is 5.02 Å². The van der Waals surface area contributed by atoms with Crippen molar-refractivity contribution in [2.24, 2.45) is 4.99 Å². The summed E-state index contributed by atoms with van der Waals surface area (Å²) in [5.41, 5.74) is 2.20. The lowest BCUT2D eigenvalue weighted by Crippen LogP contribution is -2.05. The molecule has 0 fully saturated rings. The predicted molar refractivity (Wildman–Crippen MR) is 94.3 cm³/mol. The number of nitrogens with zero attached hydrogens (tertiary/aromatic N) is 1. The van der Waals surface area contributed by atoms with Crippen LogP contribution < -0.4 is 4.74 Å². The molecule has 4 nitrogen and oxygen atoms in total. The Kier molecular flexibility index (Phi) is 4.96. The summed E-state index contributed by atoms with van der Waals surface area (Å²) in [6, 6.07) is 15.0. The molecule has 24 heavy (non-hydrogen) atoms. The zero-order chi connectivity index (χ0) is 16.9. The van der Waals surface area contributed by atoms with Crippen LogP contribution in [0, 0.1) is 0 Å². The number of esters is 1. The van der Waals surface area contributed by atoms with Crippen molar-refractivity contribution in [2.75, 3.05) is 7.11 Å². The van der Waals surface area contributed by atoms with Crippen LogP contribution in [0.1, 0.15) is 17.5 Å². The van der Waals surface area contributed by atoms with Crippen molar-refractivity contribution in [3.63, 3.8) is 0 Å². The first-order valence-electron chi connectivity index (χ1n) is 7.54. The van der Waals surface area contributed by atoms with E-state index in [0.29, 0.717) is 23.8 Å². The van der Waals surface area contributed by atoms with Gasteiger partial charge in [-0.25, -0.2) is 9.79 Å². The van der Waals surface area contributed by atoms with Crippen molar-refractivity contribution in [3.8, 4) is 5.75 Å². The van der Waals surface area contributed by atoms with Gasteiger partial charge in [0.25, 0.3) is 0 Å². The van der Waals surface area contributed by atoms with Gasteiger partial charge in [-0.2, -0.15) is 0 Å². The number of halogens is 1. The molecule has 2 aromatic carbocycles. The molecule has 2 aromatic rings. The molecule has 0 atom stereocenters. The first-order chi connectivity index (χ1) is 11.6. The van der Waals surface area contributed by atoms with Crippen LogP contribution in [0.25, 0.3) is 6.08 Å². The topological polar surface area (TPSA) is 47.9 Å². The quantitative estimate of drug-likeness (QED) is 0.602. The summed E-state index contributed by atoms with van der Waals surface area (Å²) in [5, 5.41) is 0.609. The second-order valence-electron chi connectivity index (χ2n) is 5.33. The van der Waals surface area contributed by atoms with E-state index >= 15 is 0 Å². The van der Waals surface area contributed by atoms with Gasteiger partial charge in [-0.3, -0.25) is 0 Å². The normalized spacial score (nSPS) is 15.3. The molecule has 0 saturated carbocycles. The molecule has 1 heterocycles. The molecular weight excluding hydrogens is 326 g/mol. The lowest BCUT2D eigenvalue weighted by molar-refractivity contribution is -0.130. The second-order valence-corrected chi connectivity index (χ2v) is 5.77. The fraction of sp³-hybridized carbons (Fsp3) is 0.158. The van der Waals surface area contributed by atoms with Crippen LogP contribution in [0.15, 0.2) is 59.2 Å².